The summed E-state index contributed by atoms with van der Waals surface area (Å²) in [6.07, 6.45) is 0.395. The van der Waals surface area contributed by atoms with E-state index in [1.54, 1.807) is 41.5 Å². The molecule has 2 heterocycles. The summed E-state index contributed by atoms with van der Waals surface area (Å²) >= 11 is 0. The number of hydrogen-bond donors (Lipinski definition) is 3. The molecule has 1 saturated heterocycles. The van der Waals surface area contributed by atoms with Crippen molar-refractivity contribution >= 4 is 34.8 Å². The van der Waals surface area contributed by atoms with Crippen LogP contribution in [0.1, 0.15) is 54.4 Å². The summed E-state index contributed by atoms with van der Waals surface area (Å²) in [7, 11) is 0. The van der Waals surface area contributed by atoms with Gasteiger partial charge in [-0.1, -0.05) is 69.3 Å². The monoisotopic (exact) mass is 656 g/mol. The van der Waals surface area contributed by atoms with E-state index in [0.717, 1.165) is 16.5 Å². The van der Waals surface area contributed by atoms with E-state index in [9.17, 15) is 24.3 Å². The molecule has 0 unspecified atom stereocenters. The summed E-state index contributed by atoms with van der Waals surface area (Å²) in [5.41, 5.74) is -0.742. The van der Waals surface area contributed by atoms with Crippen LogP contribution in [-0.4, -0.2) is 74.7 Å². The Kier molecular flexibility index (Phi) is 9.27. The van der Waals surface area contributed by atoms with E-state index in [-0.39, 0.29) is 19.4 Å². The second-order valence-electron chi connectivity index (χ2n) is 14.6. The van der Waals surface area contributed by atoms with Crippen molar-refractivity contribution < 1.29 is 33.8 Å². The molecule has 0 bridgehead atoms. The van der Waals surface area contributed by atoms with Crippen LogP contribution in [0.25, 0.3) is 22.2 Å². The number of alkyl carbamates (subject to hydrolysis) is 1. The highest BCUT2D eigenvalue weighted by Gasteiger charge is 2.61. The first-order chi connectivity index (χ1) is 22.5. The van der Waals surface area contributed by atoms with Gasteiger partial charge in [-0.25, -0.2) is 14.6 Å². The molecule has 2 fully saturated rings. The van der Waals surface area contributed by atoms with Gasteiger partial charge in [0, 0.05) is 29.4 Å². The molecule has 1 aliphatic heterocycles. The predicted molar refractivity (Wildman–Crippen MR) is 181 cm³/mol. The molecule has 11 heteroatoms. The molecule has 1 aliphatic carbocycles. The van der Waals surface area contributed by atoms with Crippen molar-refractivity contribution in [1.29, 1.82) is 0 Å². The highest BCUT2D eigenvalue weighted by molar-refractivity contribution is 5.96. The third-order valence-electron chi connectivity index (χ3n) is 8.69. The quantitative estimate of drug-likeness (QED) is 0.262. The molecule has 48 heavy (non-hydrogen) atoms. The van der Waals surface area contributed by atoms with Gasteiger partial charge in [-0.3, -0.25) is 9.59 Å². The fourth-order valence-corrected chi connectivity index (χ4v) is 6.11. The fraction of sp³-hybridized carbons (Fsp3) is 0.432. The van der Waals surface area contributed by atoms with Crippen molar-refractivity contribution in [1.82, 2.24) is 20.5 Å². The van der Waals surface area contributed by atoms with E-state index in [0.29, 0.717) is 11.4 Å². The van der Waals surface area contributed by atoms with Crippen molar-refractivity contribution in [3.05, 3.63) is 73.3 Å². The largest absolute Gasteiger partial charge is 0.488 e. The molecule has 254 valence electrons. The Morgan fingerprint density at radius 1 is 1.04 bits per heavy atom. The number of para-hydroxylation sites is 1. The van der Waals surface area contributed by atoms with Crippen LogP contribution in [0.3, 0.4) is 0 Å². The van der Waals surface area contributed by atoms with Gasteiger partial charge in [-0.2, -0.15) is 0 Å². The Hall–Kier alpha value is -4.93. The number of nitrogens with zero attached hydrogens (tertiary/aromatic N) is 2. The molecule has 11 nitrogen and oxygen atoms in total. The summed E-state index contributed by atoms with van der Waals surface area (Å²) < 4.78 is 12.1. The van der Waals surface area contributed by atoms with Gasteiger partial charge in [0.25, 0.3) is 0 Å². The highest BCUT2D eigenvalue weighted by atomic mass is 16.6. The second kappa shape index (κ2) is 12.9. The molecule has 2 aromatic carbocycles. The number of pyridine rings is 1. The van der Waals surface area contributed by atoms with Gasteiger partial charge in [0.05, 0.1) is 17.8 Å². The Labute approximate surface area is 280 Å². The number of aliphatic carboxylic acids is 1. The van der Waals surface area contributed by atoms with Crippen LogP contribution in [-0.2, 0) is 19.1 Å². The predicted octanol–water partition coefficient (Wildman–Crippen LogP) is 5.34. The average molecular weight is 657 g/mol. The number of likely N-dealkylation sites (tertiary alicyclic amines) is 1. The lowest BCUT2D eigenvalue weighted by molar-refractivity contribution is -0.146. The third-order valence-corrected chi connectivity index (χ3v) is 8.69. The summed E-state index contributed by atoms with van der Waals surface area (Å²) in [5, 5.41) is 16.2. The van der Waals surface area contributed by atoms with Crippen LogP contribution >= 0.6 is 0 Å². The zero-order valence-electron chi connectivity index (χ0n) is 28.3. The average Bonchev–Trinajstić information content (AvgIpc) is 3.58. The lowest BCUT2D eigenvalue weighted by Gasteiger charge is -2.35. The van der Waals surface area contributed by atoms with Crippen molar-refractivity contribution in [3.63, 3.8) is 0 Å². The number of rotatable bonds is 9. The van der Waals surface area contributed by atoms with Gasteiger partial charge in [-0.05, 0) is 44.7 Å². The SMILES string of the molecule is C=C[C@@H]1C[C@]1(NC(=O)[C@@H]1C[C@@H](Oc2cc(-c3ccccc3)nc3ccccc23)CN1C(=O)[C@@H](NC(=O)OC(C)(C)C)C(C)(C)C)C(=O)O. The molecule has 2 aliphatic rings. The number of carbonyl (C=O) groups is 4. The third kappa shape index (κ3) is 7.30. The first kappa shape index (κ1) is 34.4. The molecule has 3 amide bonds. The summed E-state index contributed by atoms with van der Waals surface area (Å²) in [6, 6.07) is 16.9. The van der Waals surface area contributed by atoms with Crippen LogP contribution in [0.2, 0.25) is 0 Å². The van der Waals surface area contributed by atoms with E-state index in [2.05, 4.69) is 17.2 Å². The van der Waals surface area contributed by atoms with E-state index in [1.165, 1.54) is 11.0 Å². The van der Waals surface area contributed by atoms with Crippen LogP contribution in [0.5, 0.6) is 5.75 Å². The number of benzene rings is 2. The van der Waals surface area contributed by atoms with Gasteiger partial charge < -0.3 is 30.1 Å². The Morgan fingerprint density at radius 2 is 1.71 bits per heavy atom. The molecule has 5 atom stereocenters. The molecule has 3 N–H and O–H groups in total. The zero-order chi connectivity index (χ0) is 35.0. The zero-order valence-corrected chi connectivity index (χ0v) is 28.3. The Bertz CT molecular complexity index is 1730. The topological polar surface area (TPSA) is 147 Å². The molecule has 5 rings (SSSR count). The van der Waals surface area contributed by atoms with Crippen molar-refractivity contribution in [2.75, 3.05) is 6.54 Å². The normalized spacial score (nSPS) is 22.8. The number of nitrogens with one attached hydrogen (secondary N) is 2. The lowest BCUT2D eigenvalue weighted by Crippen LogP contribution is -2.59. The van der Waals surface area contributed by atoms with Gasteiger partial charge in [-0.15, -0.1) is 6.58 Å². The minimum atomic E-state index is -1.49. The van der Waals surface area contributed by atoms with Crippen molar-refractivity contribution in [2.24, 2.45) is 11.3 Å². The van der Waals surface area contributed by atoms with Crippen molar-refractivity contribution in [2.45, 2.75) is 83.7 Å². The van der Waals surface area contributed by atoms with Crippen LogP contribution in [0, 0.1) is 11.3 Å². The lowest BCUT2D eigenvalue weighted by atomic mass is 9.85. The molecule has 1 saturated carbocycles. The number of carboxylic acids is 1. The van der Waals surface area contributed by atoms with E-state index >= 15 is 0 Å². The van der Waals surface area contributed by atoms with E-state index in [1.807, 2.05) is 60.7 Å². The van der Waals surface area contributed by atoms with Crippen LogP contribution in [0.15, 0.2) is 73.3 Å². The molecule has 0 spiro atoms. The minimum Gasteiger partial charge on any atom is -0.488 e. The maximum Gasteiger partial charge on any atom is 0.408 e. The van der Waals surface area contributed by atoms with Gasteiger partial charge in [0.15, 0.2) is 0 Å². The number of carbonyl (C=O) groups excluding carboxylic acids is 3. The Morgan fingerprint density at radius 3 is 2.31 bits per heavy atom. The first-order valence-corrected chi connectivity index (χ1v) is 16.1. The number of ether oxygens (including phenoxy) is 2. The number of hydrogen-bond acceptors (Lipinski definition) is 7. The molecular weight excluding hydrogens is 612 g/mol. The summed E-state index contributed by atoms with van der Waals surface area (Å²) in [6.45, 7) is 14.3. The van der Waals surface area contributed by atoms with Crippen LogP contribution < -0.4 is 15.4 Å². The smallest absolute Gasteiger partial charge is 0.408 e. The minimum absolute atomic E-state index is 0.0157. The summed E-state index contributed by atoms with van der Waals surface area (Å²) in [4.78, 5) is 59.6. The Balaban J connectivity index is 1.48. The number of amides is 3. The maximum atomic E-state index is 14.4. The fourth-order valence-electron chi connectivity index (χ4n) is 6.11. The van der Waals surface area contributed by atoms with Gasteiger partial charge >= 0.3 is 12.1 Å². The number of aromatic nitrogens is 1. The van der Waals surface area contributed by atoms with Gasteiger partial charge in [0.2, 0.25) is 11.8 Å². The second-order valence-corrected chi connectivity index (χ2v) is 14.6. The summed E-state index contributed by atoms with van der Waals surface area (Å²) in [5.74, 6) is -2.19. The van der Waals surface area contributed by atoms with Gasteiger partial charge in [0.1, 0.15) is 35.1 Å². The number of fused-ring (bicyclic) bond motifs is 1. The maximum absolute atomic E-state index is 14.4. The highest BCUT2D eigenvalue weighted by Crippen LogP contribution is 2.45. The van der Waals surface area contributed by atoms with Crippen molar-refractivity contribution in [3.8, 4) is 17.0 Å². The van der Waals surface area contributed by atoms with E-state index < -0.39 is 64.5 Å². The number of carboxylic acid groups (broad SMARTS) is 1. The van der Waals surface area contributed by atoms with E-state index in [4.69, 9.17) is 14.5 Å². The standard InChI is InChI=1S/C37H44N4O7/c1-8-23-20-37(23,33(44)45)40-31(42)28-18-24(21-41(28)32(43)30(35(2,3)4)39-34(46)48-36(5,6)7)47-29-19-27(22-14-10-9-11-15-22)38-26-17-13-12-16-25(26)29/h8-17,19,23-24,28,30H,1,18,20-21H2,2-7H3,(H,39,46)(H,40,42)(H,44,45)/t23-,24-,28+,30-,37-/m1/s1. The molecule has 1 aromatic heterocycles. The van der Waals surface area contributed by atoms with Crippen LogP contribution in [0.4, 0.5) is 4.79 Å². The molecule has 0 radical (unpaired) electrons. The first-order valence-electron chi connectivity index (χ1n) is 16.1. The molecular formula is C37H44N4O7. The molecule has 3 aromatic rings.